The molecule has 3 heterocycles. The van der Waals surface area contributed by atoms with Crippen LogP contribution >= 0.6 is 0 Å². The van der Waals surface area contributed by atoms with Gasteiger partial charge in [-0.1, -0.05) is 115 Å². The molecule has 0 radical (unpaired) electrons. The predicted molar refractivity (Wildman–Crippen MR) is 212 cm³/mol. The fraction of sp³-hybridized carbons (Fsp3) is 0.0417. The van der Waals surface area contributed by atoms with E-state index in [-0.39, 0.29) is 5.92 Å². The van der Waals surface area contributed by atoms with Gasteiger partial charge in [0.15, 0.2) is 5.58 Å². The van der Waals surface area contributed by atoms with Gasteiger partial charge in [0.05, 0.1) is 16.7 Å². The molecule has 240 valence electrons. The van der Waals surface area contributed by atoms with Crippen LogP contribution in [0.3, 0.4) is 0 Å². The van der Waals surface area contributed by atoms with Gasteiger partial charge >= 0.3 is 0 Å². The zero-order valence-electron chi connectivity index (χ0n) is 27.8. The summed E-state index contributed by atoms with van der Waals surface area (Å²) < 4.78 is 8.94. The van der Waals surface area contributed by atoms with Crippen LogP contribution in [0.5, 0.6) is 0 Å². The molecule has 0 saturated heterocycles. The molecule has 9 aromatic rings. The van der Waals surface area contributed by atoms with E-state index in [1.165, 1.54) is 61.0 Å². The number of furan rings is 1. The second-order valence-corrected chi connectivity index (χ2v) is 13.7. The summed E-state index contributed by atoms with van der Waals surface area (Å²) >= 11 is 0. The summed E-state index contributed by atoms with van der Waals surface area (Å²) in [5, 5.41) is 4.82. The van der Waals surface area contributed by atoms with Crippen LogP contribution in [0, 0.1) is 0 Å². The Morgan fingerprint density at radius 1 is 0.510 bits per heavy atom. The number of anilines is 2. The summed E-state index contributed by atoms with van der Waals surface area (Å²) in [5.74, 6) is 0.284. The lowest BCUT2D eigenvalue weighted by Crippen LogP contribution is -2.14. The number of nitrogens with zero attached hydrogens (tertiary/aromatic N) is 2. The van der Waals surface area contributed by atoms with E-state index in [1.54, 1.807) is 0 Å². The van der Waals surface area contributed by atoms with E-state index < -0.39 is 0 Å². The molecule has 0 saturated carbocycles. The first-order valence-corrected chi connectivity index (χ1v) is 17.7. The van der Waals surface area contributed by atoms with E-state index in [2.05, 4.69) is 179 Å². The summed E-state index contributed by atoms with van der Waals surface area (Å²) in [6.07, 6.45) is 7.75. The van der Waals surface area contributed by atoms with Crippen molar-refractivity contribution < 1.29 is 4.42 Å². The van der Waals surface area contributed by atoms with E-state index in [0.29, 0.717) is 0 Å². The highest BCUT2D eigenvalue weighted by atomic mass is 16.3. The van der Waals surface area contributed by atoms with E-state index in [0.717, 1.165) is 39.7 Å². The van der Waals surface area contributed by atoms with Crippen LogP contribution in [0.1, 0.15) is 17.9 Å². The van der Waals surface area contributed by atoms with Crippen LogP contribution in [0.4, 0.5) is 11.4 Å². The van der Waals surface area contributed by atoms with Crippen molar-refractivity contribution in [2.24, 2.45) is 0 Å². The van der Waals surface area contributed by atoms with Gasteiger partial charge < -0.3 is 13.9 Å². The Morgan fingerprint density at radius 3 is 2.18 bits per heavy atom. The maximum Gasteiger partial charge on any atom is 0.159 e. The molecular weight excluding hydrogens is 621 g/mol. The third-order valence-corrected chi connectivity index (χ3v) is 10.9. The molecular formula is C48H32N2O. The summed E-state index contributed by atoms with van der Waals surface area (Å²) in [6, 6.07) is 57.1. The molecule has 7 aromatic carbocycles. The lowest BCUT2D eigenvalue weighted by molar-refractivity contribution is 0.668. The van der Waals surface area contributed by atoms with E-state index >= 15 is 0 Å². The third kappa shape index (κ3) is 4.25. The van der Waals surface area contributed by atoms with Crippen LogP contribution in [0.25, 0.3) is 71.7 Å². The topological polar surface area (TPSA) is 21.3 Å². The molecule has 0 spiro atoms. The van der Waals surface area contributed by atoms with E-state index in [9.17, 15) is 0 Å². The highest BCUT2D eigenvalue weighted by molar-refractivity contribution is 6.11. The Kier molecular flexibility index (Phi) is 6.08. The number of benzene rings is 7. The van der Waals surface area contributed by atoms with Crippen LogP contribution in [0.15, 0.2) is 186 Å². The van der Waals surface area contributed by atoms with Gasteiger partial charge in [0.1, 0.15) is 5.58 Å². The van der Waals surface area contributed by atoms with Crippen molar-refractivity contribution in [1.82, 2.24) is 4.57 Å². The molecule has 11 rings (SSSR count). The maximum absolute atomic E-state index is 6.53. The second-order valence-electron chi connectivity index (χ2n) is 13.7. The number of para-hydroxylation sites is 3. The smallest absolute Gasteiger partial charge is 0.159 e. The maximum atomic E-state index is 6.53. The Hall–Kier alpha value is -6.58. The Bertz CT molecular complexity index is 2900. The fourth-order valence-electron chi connectivity index (χ4n) is 8.55. The van der Waals surface area contributed by atoms with Gasteiger partial charge in [0, 0.05) is 44.5 Å². The third-order valence-electron chi connectivity index (χ3n) is 10.9. The molecule has 0 N–H and O–H groups in total. The number of fused-ring (bicyclic) bond motifs is 9. The minimum absolute atomic E-state index is 0.284. The van der Waals surface area contributed by atoms with Crippen molar-refractivity contribution in [3.63, 3.8) is 0 Å². The Labute approximate surface area is 295 Å². The molecule has 1 aliphatic carbocycles. The average molecular weight is 653 g/mol. The monoisotopic (exact) mass is 652 g/mol. The molecule has 0 amide bonds. The highest BCUT2D eigenvalue weighted by Crippen LogP contribution is 2.53. The van der Waals surface area contributed by atoms with Crippen LogP contribution < -0.4 is 4.90 Å². The van der Waals surface area contributed by atoms with E-state index in [4.69, 9.17) is 4.42 Å². The molecule has 1 unspecified atom stereocenters. The van der Waals surface area contributed by atoms with Gasteiger partial charge in [-0.3, -0.25) is 0 Å². The van der Waals surface area contributed by atoms with Gasteiger partial charge in [-0.15, -0.1) is 0 Å². The first-order valence-electron chi connectivity index (χ1n) is 17.7. The fourth-order valence-corrected chi connectivity index (χ4v) is 8.55. The van der Waals surface area contributed by atoms with Crippen molar-refractivity contribution in [3.8, 4) is 27.9 Å². The van der Waals surface area contributed by atoms with Gasteiger partial charge in [0.25, 0.3) is 0 Å². The molecule has 1 aliphatic heterocycles. The van der Waals surface area contributed by atoms with Gasteiger partial charge in [-0.05, 0) is 94.9 Å². The van der Waals surface area contributed by atoms with Crippen LogP contribution in [-0.4, -0.2) is 4.57 Å². The quantitative estimate of drug-likeness (QED) is 0.189. The van der Waals surface area contributed by atoms with Gasteiger partial charge in [-0.2, -0.15) is 0 Å². The first kappa shape index (κ1) is 28.3. The zero-order valence-corrected chi connectivity index (χ0v) is 27.8. The Morgan fingerprint density at radius 2 is 1.24 bits per heavy atom. The molecule has 0 bridgehead atoms. The minimum Gasteiger partial charge on any atom is -0.454 e. The molecule has 2 aromatic heterocycles. The van der Waals surface area contributed by atoms with Crippen molar-refractivity contribution in [2.45, 2.75) is 12.3 Å². The van der Waals surface area contributed by atoms with E-state index in [1.807, 2.05) is 6.07 Å². The van der Waals surface area contributed by atoms with Gasteiger partial charge in [-0.25, -0.2) is 0 Å². The Balaban J connectivity index is 1.05. The lowest BCUT2D eigenvalue weighted by atomic mass is 9.90. The first-order chi connectivity index (χ1) is 25.3. The second kappa shape index (κ2) is 11.0. The molecule has 0 fully saturated rings. The molecule has 51 heavy (non-hydrogen) atoms. The summed E-state index contributed by atoms with van der Waals surface area (Å²) in [5.41, 5.74) is 15.3. The minimum atomic E-state index is 0.284. The van der Waals surface area contributed by atoms with Crippen molar-refractivity contribution in [3.05, 3.63) is 187 Å². The standard InChI is InChI=1S/C48H32N2O/c1-2-12-31(13-3-1)32-14-10-15-35(28-32)49-42-20-7-4-16-36(42)40-29-33(24-26-44(40)49)34-25-27-45-41(30-34)37-17-5-8-21-43(37)50(45)46-22-11-19-39-38-18-6-9-23-47(38)51-48(39)46/h1-16,18-30,37H,17H2. The molecule has 2 aliphatic rings. The highest BCUT2D eigenvalue weighted by Gasteiger charge is 2.36. The average Bonchev–Trinajstić information content (AvgIpc) is 3.86. The largest absolute Gasteiger partial charge is 0.454 e. The van der Waals surface area contributed by atoms with Crippen molar-refractivity contribution >= 4 is 55.1 Å². The lowest BCUT2D eigenvalue weighted by Gasteiger charge is -2.24. The molecule has 1 atom stereocenters. The zero-order chi connectivity index (χ0) is 33.5. The van der Waals surface area contributed by atoms with Crippen molar-refractivity contribution in [1.29, 1.82) is 0 Å². The van der Waals surface area contributed by atoms with Crippen molar-refractivity contribution in [2.75, 3.05) is 4.90 Å². The number of aromatic nitrogens is 1. The van der Waals surface area contributed by atoms with Crippen LogP contribution in [-0.2, 0) is 0 Å². The number of rotatable bonds is 4. The summed E-state index contributed by atoms with van der Waals surface area (Å²) in [6.45, 7) is 0. The van der Waals surface area contributed by atoms with Crippen LogP contribution in [0.2, 0.25) is 0 Å². The molecule has 3 heteroatoms. The molecule has 3 nitrogen and oxygen atoms in total. The summed E-state index contributed by atoms with van der Waals surface area (Å²) in [7, 11) is 0. The number of allylic oxidation sites excluding steroid dienone is 4. The number of hydrogen-bond acceptors (Lipinski definition) is 2. The van der Waals surface area contributed by atoms with Gasteiger partial charge in [0.2, 0.25) is 0 Å². The predicted octanol–water partition coefficient (Wildman–Crippen LogP) is 13.1. The normalized spacial score (nSPS) is 15.2. The number of hydrogen-bond donors (Lipinski definition) is 0. The SMILES string of the molecule is C1=CCC2C(=C1)N(c1cccc3c1oc1ccccc13)c1ccc(-c3ccc4c(c3)c3ccccc3n4-c3cccc(-c4ccccc4)c3)cc12. The summed E-state index contributed by atoms with van der Waals surface area (Å²) in [4.78, 5) is 2.43.